The van der Waals surface area contributed by atoms with Crippen LogP contribution in [0.1, 0.15) is 26.7 Å². The van der Waals surface area contributed by atoms with Gasteiger partial charge in [-0.1, -0.05) is 6.92 Å². The molecule has 1 fully saturated rings. The van der Waals surface area contributed by atoms with Gasteiger partial charge in [0, 0.05) is 31.9 Å². The Morgan fingerprint density at radius 3 is 2.71 bits per heavy atom. The van der Waals surface area contributed by atoms with Gasteiger partial charge in [0.2, 0.25) is 0 Å². The van der Waals surface area contributed by atoms with Crippen LogP contribution in [0.2, 0.25) is 0 Å². The van der Waals surface area contributed by atoms with E-state index in [1.54, 1.807) is 19.1 Å². The van der Waals surface area contributed by atoms with E-state index in [9.17, 15) is 14.3 Å². The minimum absolute atomic E-state index is 0.160. The van der Waals surface area contributed by atoms with Crippen molar-refractivity contribution in [2.45, 2.75) is 32.8 Å². The number of rotatable bonds is 7. The van der Waals surface area contributed by atoms with Crippen LogP contribution in [0.25, 0.3) is 0 Å². The van der Waals surface area contributed by atoms with Gasteiger partial charge < -0.3 is 20.6 Å². The second kappa shape index (κ2) is 8.87. The molecule has 134 valence electrons. The summed E-state index contributed by atoms with van der Waals surface area (Å²) >= 11 is 0. The molecule has 0 aliphatic carbocycles. The minimum Gasteiger partial charge on any atom is -0.393 e. The summed E-state index contributed by atoms with van der Waals surface area (Å²) in [6.07, 6.45) is 1.34. The molecule has 3 N–H and O–H groups in total. The Bertz CT molecular complexity index is 522. The maximum Gasteiger partial charge on any atom is 0.314 e. The molecule has 1 aromatic rings. The van der Waals surface area contributed by atoms with E-state index in [2.05, 4.69) is 15.5 Å². The third-order valence-corrected chi connectivity index (χ3v) is 4.38. The zero-order valence-corrected chi connectivity index (χ0v) is 14.5. The lowest BCUT2D eigenvalue weighted by molar-refractivity contribution is 0.163. The van der Waals surface area contributed by atoms with Crippen LogP contribution in [0.5, 0.6) is 0 Å². The lowest BCUT2D eigenvalue weighted by Gasteiger charge is -2.19. The maximum absolute atomic E-state index is 13.0. The predicted molar refractivity (Wildman–Crippen MR) is 93.6 cm³/mol. The average molecular weight is 337 g/mol. The molecule has 3 unspecified atom stereocenters. The van der Waals surface area contributed by atoms with Gasteiger partial charge in [-0.25, -0.2) is 9.18 Å². The number of hydrogen-bond acceptors (Lipinski definition) is 3. The fourth-order valence-corrected chi connectivity index (χ4v) is 3.12. The highest BCUT2D eigenvalue weighted by Crippen LogP contribution is 2.23. The van der Waals surface area contributed by atoms with Crippen molar-refractivity contribution in [2.24, 2.45) is 11.8 Å². The minimum atomic E-state index is -0.346. The number of urea groups is 1. The number of nitrogens with one attached hydrogen (secondary N) is 2. The van der Waals surface area contributed by atoms with Crippen molar-refractivity contribution >= 4 is 11.7 Å². The summed E-state index contributed by atoms with van der Waals surface area (Å²) in [5, 5.41) is 15.1. The second-order valence-corrected chi connectivity index (χ2v) is 6.86. The van der Waals surface area contributed by atoms with Crippen molar-refractivity contribution in [1.82, 2.24) is 10.6 Å². The highest BCUT2D eigenvalue weighted by atomic mass is 19.1. The van der Waals surface area contributed by atoms with E-state index in [0.29, 0.717) is 25.4 Å². The van der Waals surface area contributed by atoms with E-state index in [0.717, 1.165) is 25.2 Å². The maximum atomic E-state index is 13.0. The number of aliphatic hydroxyl groups is 1. The van der Waals surface area contributed by atoms with E-state index in [1.165, 1.54) is 12.1 Å². The largest absolute Gasteiger partial charge is 0.393 e. The molecule has 1 heterocycles. The number of nitrogens with zero attached hydrogens (tertiary/aromatic N) is 1. The van der Waals surface area contributed by atoms with Crippen LogP contribution >= 0.6 is 0 Å². The highest BCUT2D eigenvalue weighted by molar-refractivity contribution is 5.73. The van der Waals surface area contributed by atoms with Gasteiger partial charge in [0.25, 0.3) is 0 Å². The van der Waals surface area contributed by atoms with E-state index in [-0.39, 0.29) is 23.9 Å². The molecule has 1 saturated heterocycles. The summed E-state index contributed by atoms with van der Waals surface area (Å²) < 4.78 is 13.0. The van der Waals surface area contributed by atoms with Crippen molar-refractivity contribution in [3.63, 3.8) is 0 Å². The van der Waals surface area contributed by atoms with Crippen molar-refractivity contribution in [1.29, 1.82) is 0 Å². The van der Waals surface area contributed by atoms with Crippen LogP contribution in [0, 0.1) is 17.7 Å². The number of hydrogen-bond donors (Lipinski definition) is 3. The zero-order valence-electron chi connectivity index (χ0n) is 14.5. The molecule has 6 heteroatoms. The second-order valence-electron chi connectivity index (χ2n) is 6.86. The molecule has 24 heavy (non-hydrogen) atoms. The molecule has 0 radical (unpaired) electrons. The SMILES string of the molecule is CC(O)CC(C)CNC(=O)NCC1CCN(c2ccc(F)cc2)C1. The summed E-state index contributed by atoms with van der Waals surface area (Å²) in [6.45, 7) is 6.74. The first-order valence-corrected chi connectivity index (χ1v) is 8.64. The fraction of sp³-hybridized carbons (Fsp3) is 0.611. The summed E-state index contributed by atoms with van der Waals surface area (Å²) in [7, 11) is 0. The van der Waals surface area contributed by atoms with Gasteiger partial charge in [0.1, 0.15) is 5.82 Å². The monoisotopic (exact) mass is 337 g/mol. The van der Waals surface area contributed by atoms with Crippen molar-refractivity contribution < 1.29 is 14.3 Å². The van der Waals surface area contributed by atoms with Gasteiger partial charge in [-0.15, -0.1) is 0 Å². The van der Waals surface area contributed by atoms with E-state index in [4.69, 9.17) is 0 Å². The molecule has 2 amide bonds. The van der Waals surface area contributed by atoms with E-state index in [1.807, 2.05) is 6.92 Å². The molecular weight excluding hydrogens is 309 g/mol. The molecule has 1 aliphatic heterocycles. The smallest absolute Gasteiger partial charge is 0.314 e. The van der Waals surface area contributed by atoms with Crippen LogP contribution in [-0.2, 0) is 0 Å². The molecule has 0 aromatic heterocycles. The van der Waals surface area contributed by atoms with Gasteiger partial charge in [-0.05, 0) is 55.9 Å². The summed E-state index contributed by atoms with van der Waals surface area (Å²) in [5.74, 6) is 0.421. The Morgan fingerprint density at radius 1 is 1.33 bits per heavy atom. The third kappa shape index (κ3) is 6.00. The molecule has 3 atom stereocenters. The van der Waals surface area contributed by atoms with Crippen LogP contribution in [0.3, 0.4) is 0 Å². The molecule has 1 aliphatic rings. The lowest BCUT2D eigenvalue weighted by Crippen LogP contribution is -2.40. The lowest BCUT2D eigenvalue weighted by atomic mass is 10.1. The summed E-state index contributed by atoms with van der Waals surface area (Å²) in [6, 6.07) is 6.38. The van der Waals surface area contributed by atoms with Gasteiger partial charge in [0.15, 0.2) is 0 Å². The van der Waals surface area contributed by atoms with Gasteiger partial charge >= 0.3 is 6.03 Å². The van der Waals surface area contributed by atoms with Crippen LogP contribution < -0.4 is 15.5 Å². The Balaban J connectivity index is 1.66. The first kappa shape index (κ1) is 18.5. The molecule has 1 aromatic carbocycles. The molecular formula is C18H28FN3O2. The highest BCUT2D eigenvalue weighted by Gasteiger charge is 2.23. The Kier molecular flexibility index (Phi) is 6.85. The molecule has 5 nitrogen and oxygen atoms in total. The number of halogens is 1. The molecule has 0 spiro atoms. The van der Waals surface area contributed by atoms with Gasteiger partial charge in [-0.3, -0.25) is 0 Å². The number of carbonyl (C=O) groups is 1. The Labute approximate surface area is 143 Å². The zero-order chi connectivity index (χ0) is 17.5. The number of anilines is 1. The summed E-state index contributed by atoms with van der Waals surface area (Å²) in [5.41, 5.74) is 1.02. The van der Waals surface area contributed by atoms with Crippen LogP contribution in [-0.4, -0.2) is 43.4 Å². The number of aliphatic hydroxyl groups excluding tert-OH is 1. The molecule has 2 rings (SSSR count). The topological polar surface area (TPSA) is 64.6 Å². The molecule has 0 saturated carbocycles. The first-order chi connectivity index (χ1) is 11.4. The van der Waals surface area contributed by atoms with Crippen LogP contribution in [0.4, 0.5) is 14.9 Å². The first-order valence-electron chi connectivity index (χ1n) is 8.64. The third-order valence-electron chi connectivity index (χ3n) is 4.38. The number of benzene rings is 1. The van der Waals surface area contributed by atoms with E-state index >= 15 is 0 Å². The quantitative estimate of drug-likeness (QED) is 0.716. The van der Waals surface area contributed by atoms with Crippen molar-refractivity contribution in [3.8, 4) is 0 Å². The molecule has 0 bridgehead atoms. The van der Waals surface area contributed by atoms with Gasteiger partial charge in [-0.2, -0.15) is 0 Å². The van der Waals surface area contributed by atoms with Crippen LogP contribution in [0.15, 0.2) is 24.3 Å². The fourth-order valence-electron chi connectivity index (χ4n) is 3.12. The normalized spacial score (nSPS) is 19.8. The number of amides is 2. The van der Waals surface area contributed by atoms with Gasteiger partial charge in [0.05, 0.1) is 6.10 Å². The Hall–Kier alpha value is -1.82. The Morgan fingerprint density at radius 2 is 2.04 bits per heavy atom. The summed E-state index contributed by atoms with van der Waals surface area (Å²) in [4.78, 5) is 14.1. The average Bonchev–Trinajstić information content (AvgIpc) is 3.00. The van der Waals surface area contributed by atoms with Crippen molar-refractivity contribution in [2.75, 3.05) is 31.1 Å². The predicted octanol–water partition coefficient (Wildman–Crippen LogP) is 2.36. The number of carbonyl (C=O) groups excluding carboxylic acids is 1. The van der Waals surface area contributed by atoms with E-state index < -0.39 is 0 Å². The van der Waals surface area contributed by atoms with Crippen molar-refractivity contribution in [3.05, 3.63) is 30.1 Å². The standard InChI is InChI=1S/C18H28FN3O2/c1-13(9-14(2)23)10-20-18(24)21-11-15-7-8-22(12-15)17-5-3-16(19)4-6-17/h3-6,13-15,23H,7-12H2,1-2H3,(H2,20,21,24).